The Morgan fingerprint density at radius 3 is 2.59 bits per heavy atom. The van der Waals surface area contributed by atoms with E-state index in [1.165, 1.54) is 0 Å². The van der Waals surface area contributed by atoms with Crippen LogP contribution in [0.5, 0.6) is 11.5 Å². The Morgan fingerprint density at radius 2 is 1.88 bits per heavy atom. The molecular weight excluding hydrogens is 232 g/mol. The van der Waals surface area contributed by atoms with Gasteiger partial charge in [0.15, 0.2) is 0 Å². The normalized spacial score (nSPS) is 9.65. The predicted molar refractivity (Wildman–Crippen MR) is 70.5 cm³/mol. The molecule has 0 aliphatic carbocycles. The van der Waals surface area contributed by atoms with Crippen molar-refractivity contribution in [2.24, 2.45) is 0 Å². The Labute approximate surface area is 106 Å². The van der Waals surface area contributed by atoms with Gasteiger partial charge in [-0.05, 0) is 29.8 Å². The number of hydrogen-bond acceptors (Lipinski definition) is 1. The van der Waals surface area contributed by atoms with Gasteiger partial charge in [-0.2, -0.15) is 0 Å². The Bertz CT molecular complexity index is 541. The molecule has 0 bridgehead atoms. The number of hydrogen-bond donors (Lipinski definition) is 0. The van der Waals surface area contributed by atoms with Gasteiger partial charge in [0.1, 0.15) is 11.5 Å². The summed E-state index contributed by atoms with van der Waals surface area (Å²) in [6.07, 6.45) is 5.85. The summed E-state index contributed by atoms with van der Waals surface area (Å²) in [7, 11) is 0. The van der Waals surface area contributed by atoms with E-state index in [-0.39, 0.29) is 0 Å². The molecule has 0 aromatic heterocycles. The Kier molecular flexibility index (Phi) is 3.69. The molecule has 0 saturated carbocycles. The molecule has 0 heterocycles. The standard InChI is InChI=1S/C15H11ClO/c1-2-6-12-9-10-14(16)15(11-12)17-13-7-4-3-5-8-13/h1,3-5,7-11H,6H2. The van der Waals surface area contributed by atoms with Crippen molar-refractivity contribution in [3.63, 3.8) is 0 Å². The van der Waals surface area contributed by atoms with Gasteiger partial charge in [0.05, 0.1) is 5.02 Å². The maximum atomic E-state index is 6.07. The van der Waals surface area contributed by atoms with Crippen LogP contribution in [-0.4, -0.2) is 0 Å². The number of halogens is 1. The topological polar surface area (TPSA) is 9.23 Å². The van der Waals surface area contributed by atoms with Crippen LogP contribution in [0.25, 0.3) is 0 Å². The highest BCUT2D eigenvalue weighted by molar-refractivity contribution is 6.32. The van der Waals surface area contributed by atoms with Crippen LogP contribution < -0.4 is 4.74 Å². The van der Waals surface area contributed by atoms with Crippen molar-refractivity contribution in [2.75, 3.05) is 0 Å². The largest absolute Gasteiger partial charge is 0.456 e. The van der Waals surface area contributed by atoms with Gasteiger partial charge in [-0.3, -0.25) is 0 Å². The number of para-hydroxylation sites is 1. The quantitative estimate of drug-likeness (QED) is 0.729. The third kappa shape index (κ3) is 3.03. The summed E-state index contributed by atoms with van der Waals surface area (Å²) in [5, 5.41) is 0.578. The van der Waals surface area contributed by atoms with Gasteiger partial charge in [-0.15, -0.1) is 12.3 Å². The molecule has 0 atom stereocenters. The number of benzene rings is 2. The van der Waals surface area contributed by atoms with E-state index in [2.05, 4.69) is 5.92 Å². The molecule has 0 aliphatic rings. The van der Waals surface area contributed by atoms with E-state index in [1.807, 2.05) is 42.5 Å². The zero-order valence-corrected chi connectivity index (χ0v) is 9.95. The van der Waals surface area contributed by atoms with Crippen LogP contribution in [0.3, 0.4) is 0 Å². The summed E-state index contributed by atoms with van der Waals surface area (Å²) in [5.41, 5.74) is 1.02. The van der Waals surface area contributed by atoms with Crippen molar-refractivity contribution in [1.29, 1.82) is 0 Å². The van der Waals surface area contributed by atoms with Crippen LogP contribution in [-0.2, 0) is 6.42 Å². The molecule has 84 valence electrons. The average molecular weight is 243 g/mol. The molecule has 0 unspecified atom stereocenters. The van der Waals surface area contributed by atoms with Crippen LogP contribution in [0.1, 0.15) is 5.56 Å². The fraction of sp³-hybridized carbons (Fsp3) is 0.0667. The summed E-state index contributed by atoms with van der Waals surface area (Å²) >= 11 is 6.07. The molecule has 2 heteroatoms. The molecule has 0 fully saturated rings. The van der Waals surface area contributed by atoms with Gasteiger partial charge < -0.3 is 4.74 Å². The Hall–Kier alpha value is -1.91. The lowest BCUT2D eigenvalue weighted by Crippen LogP contribution is -1.88. The molecule has 17 heavy (non-hydrogen) atoms. The smallest absolute Gasteiger partial charge is 0.146 e. The highest BCUT2D eigenvalue weighted by Gasteiger charge is 2.04. The van der Waals surface area contributed by atoms with Gasteiger partial charge in [0.2, 0.25) is 0 Å². The van der Waals surface area contributed by atoms with Crippen LogP contribution in [0.4, 0.5) is 0 Å². The van der Waals surface area contributed by atoms with Crippen molar-refractivity contribution < 1.29 is 4.74 Å². The number of terminal acetylenes is 1. The summed E-state index contributed by atoms with van der Waals surface area (Å²) in [6.45, 7) is 0. The molecule has 0 aliphatic heterocycles. The van der Waals surface area contributed by atoms with E-state index >= 15 is 0 Å². The monoisotopic (exact) mass is 242 g/mol. The minimum absolute atomic E-state index is 0.572. The van der Waals surface area contributed by atoms with E-state index in [4.69, 9.17) is 22.8 Å². The highest BCUT2D eigenvalue weighted by Crippen LogP contribution is 2.30. The summed E-state index contributed by atoms with van der Waals surface area (Å²) in [5.74, 6) is 3.98. The molecular formula is C15H11ClO. The first-order chi connectivity index (χ1) is 8.29. The second-order valence-electron chi connectivity index (χ2n) is 3.56. The van der Waals surface area contributed by atoms with Gasteiger partial charge in [-0.25, -0.2) is 0 Å². The van der Waals surface area contributed by atoms with E-state index in [9.17, 15) is 0 Å². The van der Waals surface area contributed by atoms with E-state index in [1.54, 1.807) is 6.07 Å². The minimum atomic E-state index is 0.572. The second kappa shape index (κ2) is 5.43. The van der Waals surface area contributed by atoms with Crippen molar-refractivity contribution in [3.05, 3.63) is 59.1 Å². The van der Waals surface area contributed by atoms with E-state index < -0.39 is 0 Å². The lowest BCUT2D eigenvalue weighted by molar-refractivity contribution is 0.482. The first kappa shape index (κ1) is 11.6. The van der Waals surface area contributed by atoms with E-state index in [0.717, 1.165) is 11.3 Å². The first-order valence-corrected chi connectivity index (χ1v) is 5.62. The fourth-order valence-electron chi connectivity index (χ4n) is 1.47. The van der Waals surface area contributed by atoms with Gasteiger partial charge in [0.25, 0.3) is 0 Å². The second-order valence-corrected chi connectivity index (χ2v) is 3.97. The Balaban J connectivity index is 2.26. The molecule has 0 N–H and O–H groups in total. The first-order valence-electron chi connectivity index (χ1n) is 5.24. The maximum absolute atomic E-state index is 6.07. The van der Waals surface area contributed by atoms with Crippen LogP contribution in [0.2, 0.25) is 5.02 Å². The van der Waals surface area contributed by atoms with E-state index in [0.29, 0.717) is 17.2 Å². The average Bonchev–Trinajstić information content (AvgIpc) is 2.35. The maximum Gasteiger partial charge on any atom is 0.146 e. The third-order valence-corrected chi connectivity index (χ3v) is 2.59. The third-order valence-electron chi connectivity index (χ3n) is 2.27. The fourth-order valence-corrected chi connectivity index (χ4v) is 1.63. The molecule has 2 rings (SSSR count). The highest BCUT2D eigenvalue weighted by atomic mass is 35.5. The molecule has 0 amide bonds. The van der Waals surface area contributed by atoms with Crippen LogP contribution in [0, 0.1) is 12.3 Å². The van der Waals surface area contributed by atoms with Gasteiger partial charge >= 0.3 is 0 Å². The lowest BCUT2D eigenvalue weighted by atomic mass is 10.1. The van der Waals surface area contributed by atoms with Gasteiger partial charge in [0, 0.05) is 6.42 Å². The predicted octanol–water partition coefficient (Wildman–Crippen LogP) is 4.31. The minimum Gasteiger partial charge on any atom is -0.456 e. The van der Waals surface area contributed by atoms with Crippen LogP contribution in [0.15, 0.2) is 48.5 Å². The molecule has 1 nitrogen and oxygen atoms in total. The SMILES string of the molecule is C#CCc1ccc(Cl)c(Oc2ccccc2)c1. The lowest BCUT2D eigenvalue weighted by Gasteiger charge is -2.08. The zero-order chi connectivity index (χ0) is 12.1. The summed E-state index contributed by atoms with van der Waals surface area (Å²) in [6, 6.07) is 15.1. The molecule has 2 aromatic rings. The van der Waals surface area contributed by atoms with Crippen molar-refractivity contribution in [3.8, 4) is 23.8 Å². The molecule has 2 aromatic carbocycles. The Morgan fingerprint density at radius 1 is 1.12 bits per heavy atom. The van der Waals surface area contributed by atoms with Crippen molar-refractivity contribution in [1.82, 2.24) is 0 Å². The van der Waals surface area contributed by atoms with Crippen LogP contribution >= 0.6 is 11.6 Å². The van der Waals surface area contributed by atoms with Crippen molar-refractivity contribution in [2.45, 2.75) is 6.42 Å². The molecule has 0 spiro atoms. The number of ether oxygens (including phenoxy) is 1. The zero-order valence-electron chi connectivity index (χ0n) is 9.19. The summed E-state index contributed by atoms with van der Waals surface area (Å²) < 4.78 is 5.70. The summed E-state index contributed by atoms with van der Waals surface area (Å²) in [4.78, 5) is 0. The number of rotatable bonds is 3. The van der Waals surface area contributed by atoms with Gasteiger partial charge in [-0.1, -0.05) is 35.9 Å². The molecule has 0 radical (unpaired) electrons. The molecule has 0 saturated heterocycles. The van der Waals surface area contributed by atoms with Crippen molar-refractivity contribution >= 4 is 11.6 Å².